The lowest BCUT2D eigenvalue weighted by atomic mass is 10.0. The summed E-state index contributed by atoms with van der Waals surface area (Å²) in [7, 11) is 0. The van der Waals surface area contributed by atoms with Gasteiger partial charge in [-0.1, -0.05) is 65.3 Å². The van der Waals surface area contributed by atoms with Gasteiger partial charge in [-0.2, -0.15) is 0 Å². The maximum absolute atomic E-state index is 12.7. The first-order valence-electron chi connectivity index (χ1n) is 9.72. The van der Waals surface area contributed by atoms with Crippen molar-refractivity contribution in [2.75, 3.05) is 5.32 Å². The van der Waals surface area contributed by atoms with Crippen LogP contribution in [-0.2, 0) is 6.42 Å². The normalized spacial score (nSPS) is 11.1. The van der Waals surface area contributed by atoms with Crippen LogP contribution in [0.2, 0.25) is 0 Å². The number of benzene rings is 3. The summed E-state index contributed by atoms with van der Waals surface area (Å²) in [6.45, 7) is 2.01. The van der Waals surface area contributed by atoms with E-state index in [1.165, 1.54) is 6.07 Å². The summed E-state index contributed by atoms with van der Waals surface area (Å²) in [5.41, 5.74) is 1.71. The molecule has 0 unspecified atom stereocenters. The summed E-state index contributed by atoms with van der Waals surface area (Å²) < 4.78 is 10.9. The Hall–Kier alpha value is -4.26. The second kappa shape index (κ2) is 7.53. The fraction of sp³-hybridized carbons (Fsp3) is 0.0833. The molecule has 0 saturated carbocycles. The first-order valence-corrected chi connectivity index (χ1v) is 9.72. The van der Waals surface area contributed by atoms with Crippen LogP contribution in [-0.4, -0.2) is 16.1 Å². The number of aromatic nitrogens is 2. The zero-order valence-electron chi connectivity index (χ0n) is 16.6. The van der Waals surface area contributed by atoms with Gasteiger partial charge in [0.1, 0.15) is 11.1 Å². The van der Waals surface area contributed by atoms with Gasteiger partial charge in [0.15, 0.2) is 0 Å². The molecule has 0 aliphatic rings. The second-order valence-corrected chi connectivity index (χ2v) is 7.26. The number of anilines is 1. The molecule has 0 bridgehead atoms. The van der Waals surface area contributed by atoms with Crippen molar-refractivity contribution >= 4 is 33.7 Å². The molecule has 0 aliphatic heterocycles. The van der Waals surface area contributed by atoms with E-state index in [0.29, 0.717) is 23.3 Å². The SMILES string of the molecule is Cc1ccc(Cc2nnc(NC(=O)c3cc4c(ccc5ccccc54)oc3=O)o2)cc1. The predicted octanol–water partition coefficient (Wildman–Crippen LogP) is 4.48. The van der Waals surface area contributed by atoms with E-state index in [4.69, 9.17) is 8.83 Å². The molecule has 0 fully saturated rings. The highest BCUT2D eigenvalue weighted by molar-refractivity contribution is 6.09. The van der Waals surface area contributed by atoms with Crippen LogP contribution >= 0.6 is 0 Å². The molecule has 5 aromatic rings. The number of carbonyl (C=O) groups excluding carboxylic acids is 1. The summed E-state index contributed by atoms with van der Waals surface area (Å²) in [6.07, 6.45) is 0.438. The molecule has 31 heavy (non-hydrogen) atoms. The van der Waals surface area contributed by atoms with Gasteiger partial charge in [-0.25, -0.2) is 4.79 Å². The van der Waals surface area contributed by atoms with E-state index in [1.807, 2.05) is 61.5 Å². The van der Waals surface area contributed by atoms with Crippen LogP contribution in [0.4, 0.5) is 6.01 Å². The highest BCUT2D eigenvalue weighted by Gasteiger charge is 2.18. The molecule has 2 aromatic heterocycles. The Morgan fingerprint density at radius 3 is 2.58 bits per heavy atom. The minimum absolute atomic E-state index is 0.0791. The number of aryl methyl sites for hydroxylation is 1. The molecule has 0 aliphatic carbocycles. The third-order valence-electron chi connectivity index (χ3n) is 5.05. The zero-order chi connectivity index (χ0) is 21.4. The summed E-state index contributed by atoms with van der Waals surface area (Å²) >= 11 is 0. The van der Waals surface area contributed by atoms with E-state index >= 15 is 0 Å². The fourth-order valence-electron chi connectivity index (χ4n) is 3.45. The van der Waals surface area contributed by atoms with Gasteiger partial charge in [-0.3, -0.25) is 10.1 Å². The summed E-state index contributed by atoms with van der Waals surface area (Å²) in [4.78, 5) is 25.1. The number of fused-ring (bicyclic) bond motifs is 3. The number of nitrogens with zero attached hydrogens (tertiary/aromatic N) is 2. The maximum atomic E-state index is 12.7. The van der Waals surface area contributed by atoms with Gasteiger partial charge in [0.2, 0.25) is 5.89 Å². The quantitative estimate of drug-likeness (QED) is 0.346. The maximum Gasteiger partial charge on any atom is 0.349 e. The lowest BCUT2D eigenvalue weighted by Crippen LogP contribution is -2.20. The zero-order valence-corrected chi connectivity index (χ0v) is 16.6. The summed E-state index contributed by atoms with van der Waals surface area (Å²) in [6, 6.07) is 20.7. The lowest BCUT2D eigenvalue weighted by molar-refractivity contribution is 0.102. The topological polar surface area (TPSA) is 98.2 Å². The van der Waals surface area contributed by atoms with E-state index in [-0.39, 0.29) is 11.6 Å². The number of hydrogen-bond acceptors (Lipinski definition) is 6. The number of carbonyl (C=O) groups is 1. The van der Waals surface area contributed by atoms with Crippen molar-refractivity contribution in [3.8, 4) is 0 Å². The Kier molecular flexibility index (Phi) is 4.55. The first-order chi connectivity index (χ1) is 15.1. The van der Waals surface area contributed by atoms with Gasteiger partial charge in [-0.05, 0) is 35.4 Å². The van der Waals surface area contributed by atoms with Crippen LogP contribution in [0.15, 0.2) is 80.4 Å². The van der Waals surface area contributed by atoms with Crippen molar-refractivity contribution in [3.05, 3.63) is 99.7 Å². The van der Waals surface area contributed by atoms with E-state index < -0.39 is 11.5 Å². The van der Waals surface area contributed by atoms with Gasteiger partial charge in [0.25, 0.3) is 5.91 Å². The molecule has 0 saturated heterocycles. The monoisotopic (exact) mass is 411 g/mol. The molecule has 0 atom stereocenters. The van der Waals surface area contributed by atoms with Crippen LogP contribution in [0.1, 0.15) is 27.4 Å². The number of nitrogens with one attached hydrogen (secondary N) is 1. The highest BCUT2D eigenvalue weighted by atomic mass is 16.4. The molecule has 1 N–H and O–H groups in total. The van der Waals surface area contributed by atoms with Gasteiger partial charge < -0.3 is 8.83 Å². The molecule has 152 valence electrons. The lowest BCUT2D eigenvalue weighted by Gasteiger charge is -2.05. The van der Waals surface area contributed by atoms with Gasteiger partial charge >= 0.3 is 11.6 Å². The average molecular weight is 411 g/mol. The molecule has 0 spiro atoms. The summed E-state index contributed by atoms with van der Waals surface area (Å²) in [5.74, 6) is -0.315. The predicted molar refractivity (Wildman–Crippen MR) is 116 cm³/mol. The standard InChI is InChI=1S/C24H17N3O4/c1-14-6-8-15(9-7-14)12-21-26-27-24(31-21)25-22(28)19-13-18-17-5-3-2-4-16(17)10-11-20(18)30-23(19)29/h2-11,13H,12H2,1H3,(H,25,27,28). The Balaban J connectivity index is 1.42. The van der Waals surface area contributed by atoms with E-state index in [9.17, 15) is 9.59 Å². The Labute approximate surface area is 176 Å². The molecule has 7 heteroatoms. The van der Waals surface area contributed by atoms with Crippen LogP contribution in [0.5, 0.6) is 0 Å². The molecule has 2 heterocycles. The Bertz CT molecular complexity index is 1480. The third kappa shape index (κ3) is 3.69. The molecular weight excluding hydrogens is 394 g/mol. The molecule has 5 rings (SSSR count). The molecular formula is C24H17N3O4. The van der Waals surface area contributed by atoms with Crippen molar-refractivity contribution in [2.24, 2.45) is 0 Å². The Morgan fingerprint density at radius 1 is 0.935 bits per heavy atom. The molecule has 0 radical (unpaired) electrons. The molecule has 7 nitrogen and oxygen atoms in total. The third-order valence-corrected chi connectivity index (χ3v) is 5.05. The van der Waals surface area contributed by atoms with Crippen LogP contribution in [0.3, 0.4) is 0 Å². The van der Waals surface area contributed by atoms with E-state index in [1.54, 1.807) is 6.07 Å². The average Bonchev–Trinajstić information content (AvgIpc) is 3.21. The number of amides is 1. The minimum Gasteiger partial charge on any atom is -0.422 e. The van der Waals surface area contributed by atoms with Gasteiger partial charge in [0.05, 0.1) is 6.42 Å². The Morgan fingerprint density at radius 2 is 1.74 bits per heavy atom. The summed E-state index contributed by atoms with van der Waals surface area (Å²) in [5, 5.41) is 12.8. The van der Waals surface area contributed by atoms with Gasteiger partial charge in [0, 0.05) is 5.39 Å². The second-order valence-electron chi connectivity index (χ2n) is 7.26. The van der Waals surface area contributed by atoms with Crippen molar-refractivity contribution in [1.29, 1.82) is 0 Å². The van der Waals surface area contributed by atoms with Crippen molar-refractivity contribution < 1.29 is 13.6 Å². The number of hydrogen-bond donors (Lipinski definition) is 1. The van der Waals surface area contributed by atoms with Crippen LogP contribution in [0.25, 0.3) is 21.7 Å². The van der Waals surface area contributed by atoms with E-state index in [2.05, 4.69) is 15.5 Å². The molecule has 1 amide bonds. The van der Waals surface area contributed by atoms with Crippen LogP contribution < -0.4 is 10.9 Å². The van der Waals surface area contributed by atoms with Crippen LogP contribution in [0, 0.1) is 6.92 Å². The minimum atomic E-state index is -0.736. The molecule has 3 aromatic carbocycles. The first kappa shape index (κ1) is 18.7. The fourth-order valence-corrected chi connectivity index (χ4v) is 3.45. The van der Waals surface area contributed by atoms with E-state index in [0.717, 1.165) is 21.9 Å². The van der Waals surface area contributed by atoms with Crippen molar-refractivity contribution in [3.63, 3.8) is 0 Å². The highest BCUT2D eigenvalue weighted by Crippen LogP contribution is 2.25. The number of rotatable bonds is 4. The smallest absolute Gasteiger partial charge is 0.349 e. The largest absolute Gasteiger partial charge is 0.422 e. The van der Waals surface area contributed by atoms with Crippen molar-refractivity contribution in [2.45, 2.75) is 13.3 Å². The van der Waals surface area contributed by atoms with Crippen molar-refractivity contribution in [1.82, 2.24) is 10.2 Å². The van der Waals surface area contributed by atoms with Gasteiger partial charge in [-0.15, -0.1) is 5.10 Å².